The second-order valence-electron chi connectivity index (χ2n) is 3.93. The average molecular weight is 282 g/mol. The van der Waals surface area contributed by atoms with E-state index in [0.717, 1.165) is 0 Å². The predicted octanol–water partition coefficient (Wildman–Crippen LogP) is -0.222. The molecular formula is C10H22N2O5S. The van der Waals surface area contributed by atoms with Crippen molar-refractivity contribution in [1.82, 2.24) is 9.03 Å². The molecule has 0 radical (unpaired) electrons. The van der Waals surface area contributed by atoms with Gasteiger partial charge in [-0.1, -0.05) is 13.8 Å². The predicted molar refractivity (Wildman–Crippen MR) is 67.3 cm³/mol. The Hall–Kier alpha value is -0.700. The van der Waals surface area contributed by atoms with E-state index in [1.807, 2.05) is 13.8 Å². The van der Waals surface area contributed by atoms with Gasteiger partial charge in [0.25, 0.3) is 10.2 Å². The van der Waals surface area contributed by atoms with Gasteiger partial charge in [-0.2, -0.15) is 17.4 Å². The van der Waals surface area contributed by atoms with Gasteiger partial charge >= 0.3 is 5.97 Å². The number of aliphatic hydroxyl groups excluding tert-OH is 1. The van der Waals surface area contributed by atoms with E-state index >= 15 is 0 Å². The molecule has 3 N–H and O–H groups in total. The van der Waals surface area contributed by atoms with Crippen molar-refractivity contribution in [1.29, 1.82) is 0 Å². The third-order valence-corrected chi connectivity index (χ3v) is 3.92. The molecule has 0 aliphatic rings. The van der Waals surface area contributed by atoms with E-state index in [2.05, 4.69) is 4.72 Å². The molecule has 8 heteroatoms. The molecule has 0 aromatic carbocycles. The third kappa shape index (κ3) is 5.76. The monoisotopic (exact) mass is 282 g/mol. The topological polar surface area (TPSA) is 107 Å². The van der Waals surface area contributed by atoms with Gasteiger partial charge in [0.1, 0.15) is 6.04 Å². The molecule has 0 aliphatic carbocycles. The highest BCUT2D eigenvalue weighted by molar-refractivity contribution is 7.87. The summed E-state index contributed by atoms with van der Waals surface area (Å²) in [5, 5.41) is 17.6. The van der Waals surface area contributed by atoms with Gasteiger partial charge in [0.2, 0.25) is 0 Å². The van der Waals surface area contributed by atoms with Gasteiger partial charge in [0.05, 0.1) is 0 Å². The first-order valence-corrected chi connectivity index (χ1v) is 7.44. The van der Waals surface area contributed by atoms with Crippen LogP contribution in [0.4, 0.5) is 0 Å². The van der Waals surface area contributed by atoms with Crippen LogP contribution in [-0.2, 0) is 15.0 Å². The molecule has 0 unspecified atom stereocenters. The van der Waals surface area contributed by atoms with Crippen LogP contribution in [0.25, 0.3) is 0 Å². The molecule has 0 heterocycles. The number of hydrogen-bond acceptors (Lipinski definition) is 4. The summed E-state index contributed by atoms with van der Waals surface area (Å²) in [5.41, 5.74) is 0. The van der Waals surface area contributed by atoms with Crippen LogP contribution in [0.2, 0.25) is 0 Å². The number of carbonyl (C=O) groups is 1. The fourth-order valence-electron chi connectivity index (χ4n) is 1.47. The Morgan fingerprint density at radius 3 is 2.11 bits per heavy atom. The van der Waals surface area contributed by atoms with Crippen molar-refractivity contribution in [3.8, 4) is 0 Å². The molecule has 0 aromatic rings. The third-order valence-electron chi connectivity index (χ3n) is 2.29. The molecule has 0 amide bonds. The van der Waals surface area contributed by atoms with Crippen molar-refractivity contribution in [2.24, 2.45) is 0 Å². The van der Waals surface area contributed by atoms with Gasteiger partial charge in [-0.3, -0.25) is 4.79 Å². The maximum atomic E-state index is 12.0. The van der Waals surface area contributed by atoms with Crippen molar-refractivity contribution in [2.45, 2.75) is 39.2 Å². The molecule has 0 aromatic heterocycles. The summed E-state index contributed by atoms with van der Waals surface area (Å²) >= 11 is 0. The van der Waals surface area contributed by atoms with E-state index in [-0.39, 0.29) is 13.0 Å². The summed E-state index contributed by atoms with van der Waals surface area (Å²) in [5.74, 6) is -1.29. The van der Waals surface area contributed by atoms with Crippen LogP contribution in [0, 0.1) is 0 Å². The summed E-state index contributed by atoms with van der Waals surface area (Å²) in [6, 6.07) is -1.30. The molecule has 7 nitrogen and oxygen atoms in total. The van der Waals surface area contributed by atoms with Crippen LogP contribution in [0.5, 0.6) is 0 Å². The van der Waals surface area contributed by atoms with Crippen LogP contribution in [0.15, 0.2) is 0 Å². The van der Waals surface area contributed by atoms with Gasteiger partial charge in [-0.15, -0.1) is 0 Å². The first-order valence-electron chi connectivity index (χ1n) is 6.00. The van der Waals surface area contributed by atoms with Gasteiger partial charge < -0.3 is 10.2 Å². The van der Waals surface area contributed by atoms with Crippen molar-refractivity contribution in [3.05, 3.63) is 0 Å². The van der Waals surface area contributed by atoms with Gasteiger partial charge in [-0.05, 0) is 19.3 Å². The highest BCUT2D eigenvalue weighted by Gasteiger charge is 2.27. The zero-order valence-corrected chi connectivity index (χ0v) is 11.6. The molecule has 0 aliphatic heterocycles. The Balaban J connectivity index is 4.81. The van der Waals surface area contributed by atoms with E-state index in [9.17, 15) is 13.2 Å². The molecule has 0 saturated carbocycles. The number of nitrogens with one attached hydrogen (secondary N) is 1. The number of carboxylic acid groups (broad SMARTS) is 1. The lowest BCUT2D eigenvalue weighted by atomic mass is 10.2. The van der Waals surface area contributed by atoms with Crippen LogP contribution in [0.1, 0.15) is 33.1 Å². The van der Waals surface area contributed by atoms with Crippen molar-refractivity contribution >= 4 is 16.2 Å². The summed E-state index contributed by atoms with van der Waals surface area (Å²) in [4.78, 5) is 10.8. The molecule has 0 spiro atoms. The average Bonchev–Trinajstić information content (AvgIpc) is 2.28. The molecule has 18 heavy (non-hydrogen) atoms. The minimum atomic E-state index is -3.82. The normalized spacial score (nSPS) is 13.8. The summed E-state index contributed by atoms with van der Waals surface area (Å²) in [6.07, 6.45) is 1.15. The lowest BCUT2D eigenvalue weighted by molar-refractivity contribution is -0.139. The van der Waals surface area contributed by atoms with Gasteiger partial charge in [-0.25, -0.2) is 0 Å². The number of rotatable bonds is 10. The summed E-state index contributed by atoms with van der Waals surface area (Å²) in [6.45, 7) is 3.99. The minimum Gasteiger partial charge on any atom is -0.480 e. The van der Waals surface area contributed by atoms with Crippen LogP contribution in [-0.4, -0.2) is 54.6 Å². The van der Waals surface area contributed by atoms with E-state index < -0.39 is 22.2 Å². The van der Waals surface area contributed by atoms with E-state index in [4.69, 9.17) is 10.2 Å². The fraction of sp³-hybridized carbons (Fsp3) is 0.900. The highest BCUT2D eigenvalue weighted by atomic mass is 32.2. The zero-order chi connectivity index (χ0) is 14.2. The summed E-state index contributed by atoms with van der Waals surface area (Å²) < 4.78 is 27.3. The minimum absolute atomic E-state index is 0.152. The van der Waals surface area contributed by atoms with Crippen LogP contribution in [0.3, 0.4) is 0 Å². The number of hydrogen-bond donors (Lipinski definition) is 3. The number of aliphatic hydroxyl groups is 1. The highest BCUT2D eigenvalue weighted by Crippen LogP contribution is 2.04. The molecular weight excluding hydrogens is 260 g/mol. The molecule has 1 atom stereocenters. The van der Waals surface area contributed by atoms with Crippen molar-refractivity contribution in [3.63, 3.8) is 0 Å². The smallest absolute Gasteiger partial charge is 0.321 e. The standard InChI is InChI=1S/C10H22N2O5S/c1-3-6-12(7-4-2)18(16,17)11-9(5-8-13)10(14)15/h9,11,13H,3-8H2,1-2H3,(H,14,15)/t9-/m0/s1. The first-order chi connectivity index (χ1) is 8.38. The Labute approximate surface area is 108 Å². The summed E-state index contributed by atoms with van der Waals surface area (Å²) in [7, 11) is -3.82. The molecule has 0 rings (SSSR count). The second kappa shape index (κ2) is 8.41. The Kier molecular flexibility index (Phi) is 8.08. The Bertz CT molecular complexity index is 338. The van der Waals surface area contributed by atoms with Crippen LogP contribution >= 0.6 is 0 Å². The van der Waals surface area contributed by atoms with Gasteiger partial charge in [0.15, 0.2) is 0 Å². The number of aliphatic carboxylic acids is 1. The maximum Gasteiger partial charge on any atom is 0.321 e. The lowest BCUT2D eigenvalue weighted by Gasteiger charge is -2.23. The second-order valence-corrected chi connectivity index (χ2v) is 5.63. The maximum absolute atomic E-state index is 12.0. The zero-order valence-electron chi connectivity index (χ0n) is 10.8. The fourth-order valence-corrected chi connectivity index (χ4v) is 3.04. The van der Waals surface area contributed by atoms with Crippen molar-refractivity contribution in [2.75, 3.05) is 19.7 Å². The van der Waals surface area contributed by atoms with Gasteiger partial charge in [0, 0.05) is 19.7 Å². The Morgan fingerprint density at radius 2 is 1.78 bits per heavy atom. The molecule has 0 bridgehead atoms. The quantitative estimate of drug-likeness (QED) is 0.513. The van der Waals surface area contributed by atoms with E-state index in [1.54, 1.807) is 0 Å². The van der Waals surface area contributed by atoms with E-state index in [1.165, 1.54) is 4.31 Å². The first kappa shape index (κ1) is 17.3. The molecule has 108 valence electrons. The van der Waals surface area contributed by atoms with Crippen LogP contribution < -0.4 is 4.72 Å². The number of carboxylic acids is 1. The van der Waals surface area contributed by atoms with E-state index in [0.29, 0.717) is 25.9 Å². The molecule has 0 fully saturated rings. The Morgan fingerprint density at radius 1 is 1.28 bits per heavy atom. The molecule has 0 saturated heterocycles. The van der Waals surface area contributed by atoms with Crippen molar-refractivity contribution < 1.29 is 23.4 Å². The largest absolute Gasteiger partial charge is 0.480 e. The lowest BCUT2D eigenvalue weighted by Crippen LogP contribution is -2.49. The number of nitrogens with zero attached hydrogens (tertiary/aromatic N) is 1. The SMILES string of the molecule is CCCN(CCC)S(=O)(=O)N[C@@H](CCO)C(=O)O.